The summed E-state index contributed by atoms with van der Waals surface area (Å²) in [6, 6.07) is 1.62. The molecule has 21 heavy (non-hydrogen) atoms. The lowest BCUT2D eigenvalue weighted by Gasteiger charge is -2.18. The van der Waals surface area contributed by atoms with Crippen molar-refractivity contribution < 1.29 is 18.6 Å². The van der Waals surface area contributed by atoms with Crippen LogP contribution in [0.2, 0.25) is 5.02 Å². The average molecular weight is 317 g/mol. The highest BCUT2D eigenvalue weighted by Gasteiger charge is 2.26. The monoisotopic (exact) mass is 316 g/mol. The third kappa shape index (κ3) is 2.87. The van der Waals surface area contributed by atoms with Gasteiger partial charge in [0.2, 0.25) is 0 Å². The average Bonchev–Trinajstić information content (AvgIpc) is 2.86. The molecule has 4 nitrogen and oxygen atoms in total. The molecule has 0 aliphatic carbocycles. The maximum atomic E-state index is 14.0. The van der Waals surface area contributed by atoms with Gasteiger partial charge in [-0.15, -0.1) is 0 Å². The Hall–Kier alpha value is -1.66. The van der Waals surface area contributed by atoms with Crippen LogP contribution in [-0.2, 0) is 0 Å². The maximum absolute atomic E-state index is 14.0. The molecule has 0 bridgehead atoms. The third-order valence-electron chi connectivity index (χ3n) is 3.10. The van der Waals surface area contributed by atoms with Crippen LogP contribution >= 0.6 is 11.6 Å². The molecule has 0 aliphatic rings. The Bertz CT molecular complexity index is 659. The highest BCUT2D eigenvalue weighted by atomic mass is 35.5. The number of rotatable bonds is 4. The number of halogens is 3. The summed E-state index contributed by atoms with van der Waals surface area (Å²) in [5, 5.41) is 14.2. The molecule has 2 rings (SSSR count). The molecule has 0 radical (unpaired) electrons. The van der Waals surface area contributed by atoms with Crippen LogP contribution in [0.25, 0.3) is 0 Å². The van der Waals surface area contributed by atoms with E-state index in [1.807, 2.05) is 13.8 Å². The van der Waals surface area contributed by atoms with Crippen molar-refractivity contribution in [1.29, 1.82) is 0 Å². The van der Waals surface area contributed by atoms with Gasteiger partial charge < -0.3 is 9.84 Å². The first-order valence-electron chi connectivity index (χ1n) is 6.30. The summed E-state index contributed by atoms with van der Waals surface area (Å²) < 4.78 is 34.1. The fraction of sp³-hybridized carbons (Fsp3) is 0.357. The molecule has 0 spiro atoms. The van der Waals surface area contributed by atoms with E-state index in [0.717, 1.165) is 12.1 Å². The Morgan fingerprint density at radius 1 is 1.29 bits per heavy atom. The standard InChI is InChI=1S/C14H15ClF2N2O2/c1-7(2)19-13(12(21-3)6-18-19)14(20)8-4-11(17)9(15)5-10(8)16/h4-7,14,20H,1-3H3. The largest absolute Gasteiger partial charge is 0.493 e. The van der Waals surface area contributed by atoms with Gasteiger partial charge in [-0.05, 0) is 26.0 Å². The summed E-state index contributed by atoms with van der Waals surface area (Å²) in [5.74, 6) is -1.31. The second-order valence-corrected chi connectivity index (χ2v) is 5.23. The first kappa shape index (κ1) is 15.7. The highest BCUT2D eigenvalue weighted by molar-refractivity contribution is 6.30. The van der Waals surface area contributed by atoms with E-state index in [1.165, 1.54) is 18.0 Å². The molecule has 7 heteroatoms. The van der Waals surface area contributed by atoms with Gasteiger partial charge in [0, 0.05) is 11.6 Å². The molecule has 0 saturated carbocycles. The molecule has 0 saturated heterocycles. The summed E-state index contributed by atoms with van der Waals surface area (Å²) in [6.07, 6.45) is -0.000421. The van der Waals surface area contributed by atoms with Crippen LogP contribution in [-0.4, -0.2) is 22.0 Å². The van der Waals surface area contributed by atoms with Gasteiger partial charge in [0.1, 0.15) is 23.4 Å². The van der Waals surface area contributed by atoms with Crippen LogP contribution in [0.1, 0.15) is 37.3 Å². The molecular formula is C14H15ClF2N2O2. The topological polar surface area (TPSA) is 47.3 Å². The van der Waals surface area contributed by atoms with Gasteiger partial charge in [-0.3, -0.25) is 4.68 Å². The minimum absolute atomic E-state index is 0.0845. The Morgan fingerprint density at radius 3 is 2.52 bits per heavy atom. The molecule has 1 aromatic heterocycles. The van der Waals surface area contributed by atoms with E-state index in [2.05, 4.69) is 5.10 Å². The van der Waals surface area contributed by atoms with Crippen molar-refractivity contribution in [1.82, 2.24) is 9.78 Å². The molecule has 114 valence electrons. The summed E-state index contributed by atoms with van der Waals surface area (Å²) >= 11 is 5.52. The third-order valence-corrected chi connectivity index (χ3v) is 3.39. The number of ether oxygens (including phenoxy) is 1. The molecule has 1 aromatic carbocycles. The molecule has 1 heterocycles. The smallest absolute Gasteiger partial charge is 0.163 e. The Morgan fingerprint density at radius 2 is 1.95 bits per heavy atom. The number of benzene rings is 1. The second kappa shape index (κ2) is 5.99. The summed E-state index contributed by atoms with van der Waals surface area (Å²) in [4.78, 5) is 0. The van der Waals surface area contributed by atoms with Gasteiger partial charge in [-0.2, -0.15) is 5.10 Å². The fourth-order valence-electron chi connectivity index (χ4n) is 2.08. The zero-order chi connectivity index (χ0) is 15.7. The number of methoxy groups -OCH3 is 1. The zero-order valence-corrected chi connectivity index (χ0v) is 12.5. The molecule has 1 N–H and O–H groups in total. The van der Waals surface area contributed by atoms with Crippen molar-refractivity contribution in [2.75, 3.05) is 7.11 Å². The van der Waals surface area contributed by atoms with Gasteiger partial charge >= 0.3 is 0 Å². The van der Waals surface area contributed by atoms with Crippen LogP contribution in [0.5, 0.6) is 5.75 Å². The number of aromatic nitrogens is 2. The van der Waals surface area contributed by atoms with Crippen molar-refractivity contribution >= 4 is 11.6 Å². The maximum Gasteiger partial charge on any atom is 0.163 e. The molecule has 0 aliphatic heterocycles. The van der Waals surface area contributed by atoms with Crippen molar-refractivity contribution in [3.8, 4) is 5.75 Å². The van der Waals surface area contributed by atoms with Crippen LogP contribution in [0.15, 0.2) is 18.3 Å². The van der Waals surface area contributed by atoms with Crippen molar-refractivity contribution in [3.05, 3.63) is 46.2 Å². The van der Waals surface area contributed by atoms with Gasteiger partial charge in [-0.25, -0.2) is 8.78 Å². The lowest BCUT2D eigenvalue weighted by Crippen LogP contribution is -2.14. The minimum atomic E-state index is -1.42. The van der Waals surface area contributed by atoms with Crippen molar-refractivity contribution in [2.45, 2.75) is 26.0 Å². The first-order valence-corrected chi connectivity index (χ1v) is 6.68. The predicted molar refractivity (Wildman–Crippen MR) is 74.6 cm³/mol. The van der Waals surface area contributed by atoms with E-state index >= 15 is 0 Å². The molecule has 0 amide bonds. The molecule has 0 fully saturated rings. The van der Waals surface area contributed by atoms with Crippen molar-refractivity contribution in [3.63, 3.8) is 0 Å². The van der Waals surface area contributed by atoms with E-state index in [4.69, 9.17) is 16.3 Å². The Balaban J connectivity index is 2.57. The van der Waals surface area contributed by atoms with Crippen LogP contribution in [0.4, 0.5) is 8.78 Å². The number of hydrogen-bond acceptors (Lipinski definition) is 3. The molecule has 1 atom stereocenters. The molecule has 2 aromatic rings. The number of hydrogen-bond donors (Lipinski definition) is 1. The molecular weight excluding hydrogens is 302 g/mol. The normalized spacial score (nSPS) is 12.8. The minimum Gasteiger partial charge on any atom is -0.493 e. The number of aliphatic hydroxyl groups excluding tert-OH is 1. The lowest BCUT2D eigenvalue weighted by atomic mass is 10.0. The van der Waals surface area contributed by atoms with E-state index in [-0.39, 0.29) is 22.3 Å². The quantitative estimate of drug-likeness (QED) is 0.878. The fourth-order valence-corrected chi connectivity index (χ4v) is 2.23. The number of nitrogens with zero attached hydrogens (tertiary/aromatic N) is 2. The summed E-state index contributed by atoms with van der Waals surface area (Å²) in [6.45, 7) is 3.70. The van der Waals surface area contributed by atoms with Crippen LogP contribution < -0.4 is 4.74 Å². The second-order valence-electron chi connectivity index (χ2n) is 4.83. The van der Waals surface area contributed by atoms with E-state index < -0.39 is 17.7 Å². The molecule has 1 unspecified atom stereocenters. The number of aliphatic hydroxyl groups is 1. The summed E-state index contributed by atoms with van der Waals surface area (Å²) in [5.41, 5.74) is 0.0331. The highest BCUT2D eigenvalue weighted by Crippen LogP contribution is 2.34. The Labute approximate surface area is 125 Å². The van der Waals surface area contributed by atoms with Gasteiger partial charge in [-0.1, -0.05) is 11.6 Å². The summed E-state index contributed by atoms with van der Waals surface area (Å²) in [7, 11) is 1.41. The van der Waals surface area contributed by atoms with Gasteiger partial charge in [0.05, 0.1) is 18.3 Å². The lowest BCUT2D eigenvalue weighted by molar-refractivity contribution is 0.194. The van der Waals surface area contributed by atoms with Crippen LogP contribution in [0.3, 0.4) is 0 Å². The van der Waals surface area contributed by atoms with E-state index in [1.54, 1.807) is 0 Å². The van der Waals surface area contributed by atoms with Crippen molar-refractivity contribution in [2.24, 2.45) is 0 Å². The van der Waals surface area contributed by atoms with Gasteiger partial charge in [0.25, 0.3) is 0 Å². The predicted octanol–water partition coefficient (Wildman–Crippen LogP) is 3.49. The Kier molecular flexibility index (Phi) is 4.49. The van der Waals surface area contributed by atoms with E-state index in [9.17, 15) is 13.9 Å². The van der Waals surface area contributed by atoms with E-state index in [0.29, 0.717) is 5.75 Å². The zero-order valence-electron chi connectivity index (χ0n) is 11.8. The van der Waals surface area contributed by atoms with Gasteiger partial charge in [0.15, 0.2) is 5.75 Å². The SMILES string of the molecule is COc1cnn(C(C)C)c1C(O)c1cc(F)c(Cl)cc1F. The first-order chi connectivity index (χ1) is 9.86. The van der Waals surface area contributed by atoms with Crippen LogP contribution in [0, 0.1) is 11.6 Å².